The number of rotatable bonds is 7. The zero-order valence-electron chi connectivity index (χ0n) is 20.2. The highest BCUT2D eigenvalue weighted by Gasteiger charge is 2.19. The molecule has 0 radical (unpaired) electrons. The van der Waals surface area contributed by atoms with Gasteiger partial charge in [0.2, 0.25) is 0 Å². The van der Waals surface area contributed by atoms with E-state index in [0.29, 0.717) is 38.0 Å². The van der Waals surface area contributed by atoms with Crippen LogP contribution >= 0.6 is 46.1 Å². The second kappa shape index (κ2) is 11.6. The molecule has 1 N–H and O–H groups in total. The molecule has 0 atom stereocenters. The van der Waals surface area contributed by atoms with Gasteiger partial charge >= 0.3 is 5.97 Å². The molecule has 11 heteroatoms. The Labute approximate surface area is 242 Å². The van der Waals surface area contributed by atoms with Crippen LogP contribution in [0.4, 0.5) is 5.13 Å². The van der Waals surface area contributed by atoms with Crippen molar-refractivity contribution in [3.05, 3.63) is 92.7 Å². The van der Waals surface area contributed by atoms with Crippen molar-refractivity contribution in [3.63, 3.8) is 0 Å². The normalized spacial score (nSPS) is 10.9. The Morgan fingerprint density at radius 1 is 0.923 bits per heavy atom. The minimum Gasteiger partial charge on any atom is -0.497 e. The third-order valence-electron chi connectivity index (χ3n) is 5.72. The average molecular weight is 599 g/mol. The predicted octanol–water partition coefficient (Wildman–Crippen LogP) is 7.79. The molecule has 2 heterocycles. The van der Waals surface area contributed by atoms with Gasteiger partial charge in [-0.3, -0.25) is 10.1 Å². The standard InChI is InChI=1S/C28H18Cl3N3O4S/c1-37-16-8-6-15(7-9-16)23-14-39-28(33-23)34-24(35)13-38-27(36)19-12-22(32-21-5-3-2-4-17(19)21)18-10-11-20(29)26(31)25(18)30/h2-12,14H,13H2,1H3,(H,33,34,35). The van der Waals surface area contributed by atoms with Crippen LogP contribution in [0.1, 0.15) is 10.4 Å². The number of esters is 1. The maximum absolute atomic E-state index is 13.1. The van der Waals surface area contributed by atoms with Gasteiger partial charge in [0.1, 0.15) is 5.75 Å². The van der Waals surface area contributed by atoms with E-state index in [0.717, 1.165) is 11.3 Å². The van der Waals surface area contributed by atoms with Gasteiger partial charge in [-0.15, -0.1) is 11.3 Å². The maximum Gasteiger partial charge on any atom is 0.339 e. The molecule has 0 aliphatic heterocycles. The van der Waals surface area contributed by atoms with Gasteiger partial charge in [0.15, 0.2) is 11.7 Å². The maximum atomic E-state index is 13.1. The summed E-state index contributed by atoms with van der Waals surface area (Å²) < 4.78 is 10.5. The van der Waals surface area contributed by atoms with E-state index in [1.165, 1.54) is 11.3 Å². The SMILES string of the molecule is COc1ccc(-c2csc(NC(=O)COC(=O)c3cc(-c4ccc(Cl)c(Cl)c4Cl)nc4ccccc34)n2)cc1. The van der Waals surface area contributed by atoms with E-state index in [1.54, 1.807) is 49.6 Å². The number of amides is 1. The van der Waals surface area contributed by atoms with Crippen molar-refractivity contribution in [1.29, 1.82) is 0 Å². The van der Waals surface area contributed by atoms with Gasteiger partial charge < -0.3 is 9.47 Å². The first-order chi connectivity index (χ1) is 18.8. The van der Waals surface area contributed by atoms with Gasteiger partial charge in [-0.25, -0.2) is 14.8 Å². The molecule has 0 aliphatic rings. The van der Waals surface area contributed by atoms with Gasteiger partial charge in [-0.2, -0.15) is 0 Å². The largest absolute Gasteiger partial charge is 0.497 e. The molecule has 5 rings (SSSR count). The number of benzene rings is 3. The highest BCUT2D eigenvalue weighted by Crippen LogP contribution is 2.38. The first-order valence-corrected chi connectivity index (χ1v) is 13.5. The van der Waals surface area contributed by atoms with Crippen LogP contribution < -0.4 is 10.1 Å². The fourth-order valence-electron chi connectivity index (χ4n) is 3.80. The molecule has 0 unspecified atom stereocenters. The van der Waals surface area contributed by atoms with E-state index >= 15 is 0 Å². The van der Waals surface area contributed by atoms with Crippen LogP contribution in [0.5, 0.6) is 5.75 Å². The Morgan fingerprint density at radius 2 is 1.69 bits per heavy atom. The Bertz CT molecular complexity index is 1710. The number of anilines is 1. The number of pyridine rings is 1. The van der Waals surface area contributed by atoms with Crippen molar-refractivity contribution >= 4 is 74.1 Å². The van der Waals surface area contributed by atoms with Crippen molar-refractivity contribution in [1.82, 2.24) is 9.97 Å². The summed E-state index contributed by atoms with van der Waals surface area (Å²) in [6.07, 6.45) is 0. The molecule has 0 bridgehead atoms. The second-order valence-corrected chi connectivity index (χ2v) is 10.2. The number of aromatic nitrogens is 2. The molecule has 0 fully saturated rings. The summed E-state index contributed by atoms with van der Waals surface area (Å²) in [7, 11) is 1.60. The van der Waals surface area contributed by atoms with E-state index in [4.69, 9.17) is 44.3 Å². The third kappa shape index (κ3) is 5.84. The van der Waals surface area contributed by atoms with Crippen molar-refractivity contribution < 1.29 is 19.1 Å². The molecule has 7 nitrogen and oxygen atoms in total. The number of ether oxygens (including phenoxy) is 2. The quantitative estimate of drug-likeness (QED) is 0.152. The number of thiazole rings is 1. The van der Waals surface area contributed by atoms with E-state index in [-0.39, 0.29) is 15.6 Å². The molecule has 0 spiro atoms. The number of carbonyl (C=O) groups excluding carboxylic acids is 2. The van der Waals surface area contributed by atoms with Gasteiger partial charge in [-0.1, -0.05) is 53.0 Å². The first-order valence-electron chi connectivity index (χ1n) is 11.4. The fraction of sp³-hybridized carbons (Fsp3) is 0.0714. The van der Waals surface area contributed by atoms with E-state index in [9.17, 15) is 9.59 Å². The average Bonchev–Trinajstić information content (AvgIpc) is 3.42. The van der Waals surface area contributed by atoms with Crippen LogP contribution in [-0.2, 0) is 9.53 Å². The third-order valence-corrected chi connectivity index (χ3v) is 7.77. The first kappa shape index (κ1) is 26.9. The smallest absolute Gasteiger partial charge is 0.339 e. The number of hydrogen-bond donors (Lipinski definition) is 1. The van der Waals surface area contributed by atoms with Crippen molar-refractivity contribution in [3.8, 4) is 28.3 Å². The van der Waals surface area contributed by atoms with E-state index in [2.05, 4.69) is 15.3 Å². The predicted molar refractivity (Wildman–Crippen MR) is 155 cm³/mol. The highest BCUT2D eigenvalue weighted by atomic mass is 35.5. The van der Waals surface area contributed by atoms with Crippen LogP contribution in [0, 0.1) is 0 Å². The summed E-state index contributed by atoms with van der Waals surface area (Å²) in [6.45, 7) is -0.504. The molecule has 2 aromatic heterocycles. The number of para-hydroxylation sites is 1. The lowest BCUT2D eigenvalue weighted by molar-refractivity contribution is -0.119. The number of nitrogens with zero attached hydrogens (tertiary/aromatic N) is 2. The molecule has 196 valence electrons. The minimum absolute atomic E-state index is 0.184. The summed E-state index contributed by atoms with van der Waals surface area (Å²) >= 11 is 20.0. The number of methoxy groups -OCH3 is 1. The lowest BCUT2D eigenvalue weighted by atomic mass is 10.0. The molecule has 3 aromatic carbocycles. The zero-order chi connectivity index (χ0) is 27.5. The molecule has 0 aliphatic carbocycles. The molecule has 5 aromatic rings. The number of hydrogen-bond acceptors (Lipinski definition) is 7. The van der Waals surface area contributed by atoms with Crippen LogP contribution in [-0.4, -0.2) is 35.6 Å². The molecule has 1 amide bonds. The van der Waals surface area contributed by atoms with Gasteiger partial charge in [0.25, 0.3) is 5.91 Å². The molecule has 39 heavy (non-hydrogen) atoms. The molecule has 0 saturated carbocycles. The summed E-state index contributed by atoms with van der Waals surface area (Å²) in [4.78, 5) is 34.7. The number of fused-ring (bicyclic) bond motifs is 1. The van der Waals surface area contributed by atoms with Crippen LogP contribution in [0.25, 0.3) is 33.4 Å². The van der Waals surface area contributed by atoms with Crippen molar-refractivity contribution in [2.75, 3.05) is 19.0 Å². The van der Waals surface area contributed by atoms with Crippen molar-refractivity contribution in [2.24, 2.45) is 0 Å². The number of carbonyl (C=O) groups is 2. The summed E-state index contributed by atoms with van der Waals surface area (Å²) in [5.74, 6) is -0.484. The second-order valence-electron chi connectivity index (χ2n) is 8.19. The zero-order valence-corrected chi connectivity index (χ0v) is 23.3. The van der Waals surface area contributed by atoms with Gasteiger partial charge in [0, 0.05) is 21.9 Å². The van der Waals surface area contributed by atoms with E-state index < -0.39 is 18.5 Å². The van der Waals surface area contributed by atoms with Gasteiger partial charge in [-0.05, 0) is 48.5 Å². The monoisotopic (exact) mass is 597 g/mol. The Kier molecular flexibility index (Phi) is 7.99. The van der Waals surface area contributed by atoms with E-state index in [1.807, 2.05) is 29.6 Å². The lowest BCUT2D eigenvalue weighted by Crippen LogP contribution is -2.21. The molecule has 0 saturated heterocycles. The summed E-state index contributed by atoms with van der Waals surface area (Å²) in [5, 5.41) is 6.12. The van der Waals surface area contributed by atoms with Crippen LogP contribution in [0.15, 0.2) is 72.1 Å². The number of halogens is 3. The van der Waals surface area contributed by atoms with Gasteiger partial charge in [0.05, 0.1) is 44.6 Å². The molecular weight excluding hydrogens is 581 g/mol. The van der Waals surface area contributed by atoms with Crippen LogP contribution in [0.3, 0.4) is 0 Å². The summed E-state index contributed by atoms with van der Waals surface area (Å²) in [6, 6.07) is 19.3. The Hall–Kier alpha value is -3.69. The summed E-state index contributed by atoms with van der Waals surface area (Å²) in [5.41, 5.74) is 3.25. The van der Waals surface area contributed by atoms with Crippen LogP contribution in [0.2, 0.25) is 15.1 Å². The fourth-order valence-corrected chi connectivity index (χ4v) is 5.16. The lowest BCUT2D eigenvalue weighted by Gasteiger charge is -2.12. The van der Waals surface area contributed by atoms with Crippen molar-refractivity contribution in [2.45, 2.75) is 0 Å². The Morgan fingerprint density at radius 3 is 2.46 bits per heavy atom. The highest BCUT2D eigenvalue weighted by molar-refractivity contribution is 7.14. The topological polar surface area (TPSA) is 90.4 Å². The number of nitrogens with one attached hydrogen (secondary N) is 1. The molecular formula is C28H18Cl3N3O4S. The minimum atomic E-state index is -0.695. The Balaban J connectivity index is 1.32.